The minimum Gasteiger partial charge on any atom is -0.324 e. The van der Waals surface area contributed by atoms with Crippen molar-refractivity contribution in [2.75, 3.05) is 0 Å². The molecule has 1 aliphatic carbocycles. The highest BCUT2D eigenvalue weighted by atomic mass is 79.9. The van der Waals surface area contributed by atoms with Crippen LogP contribution in [0.4, 0.5) is 0 Å². The van der Waals surface area contributed by atoms with Gasteiger partial charge >= 0.3 is 0 Å². The largest absolute Gasteiger partial charge is 0.324 e. The zero-order valence-corrected chi connectivity index (χ0v) is 14.8. The minimum atomic E-state index is 0.143. The van der Waals surface area contributed by atoms with E-state index in [1.165, 1.54) is 16.9 Å². The number of aromatic nitrogens is 1. The Hall–Kier alpha value is -0.580. The van der Waals surface area contributed by atoms with Gasteiger partial charge in [0, 0.05) is 26.9 Å². The van der Waals surface area contributed by atoms with E-state index in [2.05, 4.69) is 80.7 Å². The Kier molecular flexibility index (Phi) is 3.59. The second-order valence-electron chi connectivity index (χ2n) is 6.34. The molecule has 1 aliphatic rings. The van der Waals surface area contributed by atoms with Crippen LogP contribution in [0.3, 0.4) is 0 Å². The molecule has 0 bridgehead atoms. The van der Waals surface area contributed by atoms with Crippen LogP contribution in [0, 0.1) is 5.41 Å². The molecule has 1 heterocycles. The molecule has 1 unspecified atom stereocenters. The van der Waals surface area contributed by atoms with Crippen molar-refractivity contribution in [3.8, 4) is 5.69 Å². The van der Waals surface area contributed by atoms with Crippen molar-refractivity contribution in [2.45, 2.75) is 32.7 Å². The fraction of sp³-hybridized carbons (Fsp3) is 0.375. The van der Waals surface area contributed by atoms with Crippen molar-refractivity contribution < 1.29 is 0 Å². The van der Waals surface area contributed by atoms with Gasteiger partial charge in [0.15, 0.2) is 0 Å². The molecule has 3 rings (SSSR count). The molecule has 20 heavy (non-hydrogen) atoms. The average molecular weight is 398 g/mol. The molecule has 0 saturated carbocycles. The lowest BCUT2D eigenvalue weighted by Crippen LogP contribution is -2.30. The molecule has 0 saturated heterocycles. The standard InChI is InChI=1S/C16H18Br2N2/c1-16(2)8-13(19)11-5-6-20(15(11)9-16)14-4-3-10(17)7-12(14)18/h3-7,13H,8-9,19H2,1-2H3. The van der Waals surface area contributed by atoms with E-state index in [9.17, 15) is 0 Å². The van der Waals surface area contributed by atoms with Crippen molar-refractivity contribution in [1.82, 2.24) is 4.57 Å². The fourth-order valence-electron chi connectivity index (χ4n) is 3.14. The molecule has 0 spiro atoms. The van der Waals surface area contributed by atoms with Crippen LogP contribution in [-0.4, -0.2) is 4.57 Å². The molecule has 1 aromatic heterocycles. The monoisotopic (exact) mass is 396 g/mol. The van der Waals surface area contributed by atoms with Gasteiger partial charge in [0.25, 0.3) is 0 Å². The van der Waals surface area contributed by atoms with Gasteiger partial charge in [-0.1, -0.05) is 29.8 Å². The van der Waals surface area contributed by atoms with Crippen LogP contribution >= 0.6 is 31.9 Å². The number of nitrogens with zero attached hydrogens (tertiary/aromatic N) is 1. The van der Waals surface area contributed by atoms with Crippen LogP contribution in [0.2, 0.25) is 0 Å². The van der Waals surface area contributed by atoms with Crippen LogP contribution in [0.25, 0.3) is 5.69 Å². The summed E-state index contributed by atoms with van der Waals surface area (Å²) in [7, 11) is 0. The lowest BCUT2D eigenvalue weighted by Gasteiger charge is -2.34. The summed E-state index contributed by atoms with van der Waals surface area (Å²) >= 11 is 7.16. The zero-order valence-electron chi connectivity index (χ0n) is 11.7. The van der Waals surface area contributed by atoms with Crippen LogP contribution in [-0.2, 0) is 6.42 Å². The first-order valence-electron chi connectivity index (χ1n) is 6.78. The third-order valence-electron chi connectivity index (χ3n) is 4.01. The van der Waals surface area contributed by atoms with Crippen molar-refractivity contribution in [3.05, 3.63) is 50.7 Å². The van der Waals surface area contributed by atoms with Gasteiger partial charge in [0.05, 0.1) is 5.69 Å². The van der Waals surface area contributed by atoms with Gasteiger partial charge < -0.3 is 10.3 Å². The summed E-state index contributed by atoms with van der Waals surface area (Å²) in [6, 6.07) is 8.59. The number of benzene rings is 1. The van der Waals surface area contributed by atoms with E-state index in [0.717, 1.165) is 21.8 Å². The van der Waals surface area contributed by atoms with Crippen LogP contribution in [0.1, 0.15) is 37.6 Å². The highest BCUT2D eigenvalue weighted by Gasteiger charge is 2.32. The Morgan fingerprint density at radius 3 is 2.70 bits per heavy atom. The molecule has 0 radical (unpaired) electrons. The van der Waals surface area contributed by atoms with Crippen LogP contribution in [0.5, 0.6) is 0 Å². The summed E-state index contributed by atoms with van der Waals surface area (Å²) in [4.78, 5) is 0. The van der Waals surface area contributed by atoms with E-state index < -0.39 is 0 Å². The Morgan fingerprint density at radius 1 is 1.25 bits per heavy atom. The molecule has 106 valence electrons. The topological polar surface area (TPSA) is 30.9 Å². The molecular formula is C16H18Br2N2. The molecule has 2 aromatic rings. The molecule has 4 heteroatoms. The van der Waals surface area contributed by atoms with Gasteiger partial charge in [-0.2, -0.15) is 0 Å². The second kappa shape index (κ2) is 5.00. The third-order valence-corrected chi connectivity index (χ3v) is 5.14. The van der Waals surface area contributed by atoms with E-state index >= 15 is 0 Å². The summed E-state index contributed by atoms with van der Waals surface area (Å²) in [5, 5.41) is 0. The summed E-state index contributed by atoms with van der Waals surface area (Å²) in [6.07, 6.45) is 4.25. The van der Waals surface area contributed by atoms with Crippen molar-refractivity contribution in [1.29, 1.82) is 0 Å². The van der Waals surface area contributed by atoms with Gasteiger partial charge in [-0.3, -0.25) is 0 Å². The lowest BCUT2D eigenvalue weighted by atomic mass is 9.74. The van der Waals surface area contributed by atoms with Crippen molar-refractivity contribution >= 4 is 31.9 Å². The average Bonchev–Trinajstić information content (AvgIpc) is 2.71. The number of rotatable bonds is 1. The maximum Gasteiger partial charge on any atom is 0.0595 e. The molecule has 0 aliphatic heterocycles. The maximum absolute atomic E-state index is 6.34. The first kappa shape index (κ1) is 14.4. The van der Waals surface area contributed by atoms with Crippen molar-refractivity contribution in [2.24, 2.45) is 11.1 Å². The Morgan fingerprint density at radius 2 is 2.00 bits per heavy atom. The molecular weight excluding hydrogens is 380 g/mol. The van der Waals surface area contributed by atoms with Crippen molar-refractivity contribution in [3.63, 3.8) is 0 Å². The highest BCUT2D eigenvalue weighted by Crippen LogP contribution is 2.41. The van der Waals surface area contributed by atoms with Gasteiger partial charge in [-0.25, -0.2) is 0 Å². The second-order valence-corrected chi connectivity index (χ2v) is 8.11. The highest BCUT2D eigenvalue weighted by molar-refractivity contribution is 9.11. The third kappa shape index (κ3) is 2.49. The van der Waals surface area contributed by atoms with Gasteiger partial charge in [-0.15, -0.1) is 0 Å². The minimum absolute atomic E-state index is 0.143. The van der Waals surface area contributed by atoms with Gasteiger partial charge in [0.2, 0.25) is 0 Å². The quantitative estimate of drug-likeness (QED) is 0.723. The van der Waals surface area contributed by atoms with Gasteiger partial charge in [-0.05, 0) is 64.0 Å². The first-order valence-corrected chi connectivity index (χ1v) is 8.37. The molecule has 2 N–H and O–H groups in total. The normalized spacial score (nSPS) is 20.8. The number of fused-ring (bicyclic) bond motifs is 1. The van der Waals surface area contributed by atoms with Crippen LogP contribution in [0.15, 0.2) is 39.4 Å². The molecule has 1 aromatic carbocycles. The molecule has 1 atom stereocenters. The summed E-state index contributed by atoms with van der Waals surface area (Å²) in [6.45, 7) is 4.59. The summed E-state index contributed by atoms with van der Waals surface area (Å²) in [5.41, 5.74) is 10.4. The summed E-state index contributed by atoms with van der Waals surface area (Å²) < 4.78 is 4.43. The molecule has 2 nitrogen and oxygen atoms in total. The van der Waals surface area contributed by atoms with E-state index in [0.29, 0.717) is 0 Å². The molecule has 0 fully saturated rings. The van der Waals surface area contributed by atoms with E-state index in [-0.39, 0.29) is 11.5 Å². The predicted octanol–water partition coefficient (Wildman–Crippen LogP) is 4.97. The number of hydrogen-bond donors (Lipinski definition) is 1. The maximum atomic E-state index is 6.34. The van der Waals surface area contributed by atoms with Gasteiger partial charge in [0.1, 0.15) is 0 Å². The Labute approximate surface area is 136 Å². The van der Waals surface area contributed by atoms with Crippen LogP contribution < -0.4 is 5.73 Å². The number of nitrogens with two attached hydrogens (primary N) is 1. The fourth-order valence-corrected chi connectivity index (χ4v) is 4.38. The lowest BCUT2D eigenvalue weighted by molar-refractivity contribution is 0.278. The number of halogens is 2. The van der Waals surface area contributed by atoms with E-state index in [1.807, 2.05) is 0 Å². The van der Waals surface area contributed by atoms with E-state index in [4.69, 9.17) is 5.73 Å². The Balaban J connectivity index is 2.13. The predicted molar refractivity (Wildman–Crippen MR) is 90.2 cm³/mol. The SMILES string of the molecule is CC1(C)Cc2c(ccn2-c2ccc(Br)cc2Br)C(N)C1. The first-order chi connectivity index (χ1) is 9.37. The summed E-state index contributed by atoms with van der Waals surface area (Å²) in [5.74, 6) is 0. The smallest absolute Gasteiger partial charge is 0.0595 e. The number of hydrogen-bond acceptors (Lipinski definition) is 1. The zero-order chi connectivity index (χ0) is 14.5. The Bertz CT molecular complexity index is 658. The van der Waals surface area contributed by atoms with E-state index in [1.54, 1.807) is 0 Å². The molecule has 0 amide bonds.